The Morgan fingerprint density at radius 3 is 2.86 bits per heavy atom. The number of carbonyl (C=O) groups excluding carboxylic acids is 3. The third-order valence-electron chi connectivity index (χ3n) is 3.94. The van der Waals surface area contributed by atoms with Crippen molar-refractivity contribution in [1.29, 1.82) is 0 Å². The van der Waals surface area contributed by atoms with Crippen molar-refractivity contribution in [3.63, 3.8) is 0 Å². The van der Waals surface area contributed by atoms with Gasteiger partial charge in [0.05, 0.1) is 6.54 Å². The highest BCUT2D eigenvalue weighted by Crippen LogP contribution is 2.35. The van der Waals surface area contributed by atoms with Crippen molar-refractivity contribution >= 4 is 17.8 Å². The van der Waals surface area contributed by atoms with E-state index in [0.29, 0.717) is 12.8 Å². The maximum Gasteiger partial charge on any atom is 0.325 e. The van der Waals surface area contributed by atoms with E-state index in [1.165, 1.54) is 6.07 Å². The minimum absolute atomic E-state index is 0.00451. The summed E-state index contributed by atoms with van der Waals surface area (Å²) in [7, 11) is 0. The Morgan fingerprint density at radius 2 is 2.19 bits per heavy atom. The van der Waals surface area contributed by atoms with Crippen LogP contribution in [0.25, 0.3) is 0 Å². The van der Waals surface area contributed by atoms with Crippen molar-refractivity contribution in [2.45, 2.75) is 37.8 Å². The van der Waals surface area contributed by atoms with E-state index in [1.807, 2.05) is 5.43 Å². The fourth-order valence-electron chi connectivity index (χ4n) is 2.86. The number of hydrazine groups is 1. The number of nitrogens with one attached hydrogen (secondary N) is 2. The van der Waals surface area contributed by atoms with Crippen LogP contribution < -0.4 is 16.6 Å². The molecule has 0 bridgehead atoms. The number of urea groups is 1. The minimum atomic E-state index is -0.755. The molecule has 1 aliphatic heterocycles. The first-order chi connectivity index (χ1) is 10.1. The molecule has 1 spiro atoms. The van der Waals surface area contributed by atoms with Crippen LogP contribution in [0.4, 0.5) is 4.79 Å². The number of hydrogen-bond donors (Lipinski definition) is 3. The number of rotatable bonds is 3. The molecule has 9 nitrogen and oxygen atoms in total. The van der Waals surface area contributed by atoms with Gasteiger partial charge in [0.2, 0.25) is 0 Å². The summed E-state index contributed by atoms with van der Waals surface area (Å²) in [5, 5.41) is 6.30. The van der Waals surface area contributed by atoms with Crippen LogP contribution in [0.5, 0.6) is 0 Å². The molecule has 9 heteroatoms. The molecule has 1 aromatic heterocycles. The lowest BCUT2D eigenvalue weighted by atomic mass is 9.98. The monoisotopic (exact) mass is 293 g/mol. The van der Waals surface area contributed by atoms with Crippen LogP contribution in [-0.4, -0.2) is 33.4 Å². The Kier molecular flexibility index (Phi) is 3.13. The first-order valence-electron chi connectivity index (χ1n) is 6.66. The second-order valence-corrected chi connectivity index (χ2v) is 5.26. The summed E-state index contributed by atoms with van der Waals surface area (Å²) >= 11 is 0. The second-order valence-electron chi connectivity index (χ2n) is 5.26. The van der Waals surface area contributed by atoms with Crippen LogP contribution in [0.2, 0.25) is 0 Å². The fourth-order valence-corrected chi connectivity index (χ4v) is 2.86. The van der Waals surface area contributed by atoms with E-state index in [1.54, 1.807) is 0 Å². The third-order valence-corrected chi connectivity index (χ3v) is 3.94. The van der Waals surface area contributed by atoms with Gasteiger partial charge in [-0.1, -0.05) is 18.0 Å². The number of nitrogens with two attached hydrogens (primary N) is 1. The lowest BCUT2D eigenvalue weighted by molar-refractivity contribution is -0.131. The van der Waals surface area contributed by atoms with Gasteiger partial charge in [-0.2, -0.15) is 0 Å². The molecule has 1 aromatic rings. The maximum atomic E-state index is 12.4. The molecule has 21 heavy (non-hydrogen) atoms. The van der Waals surface area contributed by atoms with Crippen molar-refractivity contribution in [3.05, 3.63) is 17.5 Å². The number of imide groups is 1. The van der Waals surface area contributed by atoms with Crippen molar-refractivity contribution < 1.29 is 18.9 Å². The zero-order chi connectivity index (χ0) is 15.0. The SMILES string of the molecule is NNC(=O)c1cc(CN2C(=O)NC3(CCCC3)C2=O)on1. The Labute approximate surface area is 119 Å². The molecule has 2 fully saturated rings. The number of nitrogens with zero attached hydrogens (tertiary/aromatic N) is 2. The molecule has 0 unspecified atom stereocenters. The van der Waals surface area contributed by atoms with Crippen LogP contribution >= 0.6 is 0 Å². The molecule has 3 rings (SSSR count). The van der Waals surface area contributed by atoms with Crippen LogP contribution in [0, 0.1) is 0 Å². The molecule has 0 aromatic carbocycles. The molecule has 4 amide bonds. The van der Waals surface area contributed by atoms with Gasteiger partial charge < -0.3 is 9.84 Å². The van der Waals surface area contributed by atoms with E-state index in [0.717, 1.165) is 17.7 Å². The smallest absolute Gasteiger partial charge is 0.325 e. The number of hydrogen-bond acceptors (Lipinski definition) is 6. The number of amides is 4. The van der Waals surface area contributed by atoms with Gasteiger partial charge in [0.25, 0.3) is 11.8 Å². The summed E-state index contributed by atoms with van der Waals surface area (Å²) in [6, 6.07) is 0.908. The number of nitrogen functional groups attached to an aromatic ring is 1. The van der Waals surface area contributed by atoms with Crippen molar-refractivity contribution in [3.8, 4) is 0 Å². The van der Waals surface area contributed by atoms with Gasteiger partial charge in [0.1, 0.15) is 5.54 Å². The number of carbonyl (C=O) groups is 3. The zero-order valence-corrected chi connectivity index (χ0v) is 11.2. The predicted octanol–water partition coefficient (Wildman–Crippen LogP) is -0.357. The molecule has 112 valence electrons. The van der Waals surface area contributed by atoms with Gasteiger partial charge in [-0.3, -0.25) is 19.9 Å². The summed E-state index contributed by atoms with van der Waals surface area (Å²) in [6.45, 7) is -0.0583. The number of aromatic nitrogens is 1. The molecule has 0 atom stereocenters. The Hall–Kier alpha value is -2.42. The lowest BCUT2D eigenvalue weighted by Gasteiger charge is -2.19. The molecular formula is C12H15N5O4. The van der Waals surface area contributed by atoms with Crippen molar-refractivity contribution in [2.75, 3.05) is 0 Å². The average Bonchev–Trinajstić information content (AvgIpc) is 3.17. The second kappa shape index (κ2) is 4.85. The Balaban J connectivity index is 1.76. The predicted molar refractivity (Wildman–Crippen MR) is 68.4 cm³/mol. The van der Waals surface area contributed by atoms with Crippen LogP contribution in [0.1, 0.15) is 41.9 Å². The Morgan fingerprint density at radius 1 is 1.48 bits per heavy atom. The molecule has 4 N–H and O–H groups in total. The van der Waals surface area contributed by atoms with Crippen LogP contribution in [0.3, 0.4) is 0 Å². The fraction of sp³-hybridized carbons (Fsp3) is 0.500. The maximum absolute atomic E-state index is 12.4. The van der Waals surface area contributed by atoms with Crippen molar-refractivity contribution in [2.24, 2.45) is 5.84 Å². The standard InChI is InChI=1S/C12H15N5O4/c13-15-9(18)8-5-7(21-16-8)6-17-10(19)12(14-11(17)20)3-1-2-4-12/h5H,1-4,6,13H2,(H,14,20)(H,15,18). The average molecular weight is 293 g/mol. The van der Waals surface area contributed by atoms with Gasteiger partial charge in [-0.05, 0) is 12.8 Å². The molecular weight excluding hydrogens is 278 g/mol. The highest BCUT2D eigenvalue weighted by atomic mass is 16.5. The quantitative estimate of drug-likeness (QED) is 0.302. The van der Waals surface area contributed by atoms with Crippen LogP contribution in [-0.2, 0) is 11.3 Å². The lowest BCUT2D eigenvalue weighted by Crippen LogP contribution is -2.44. The van der Waals surface area contributed by atoms with Gasteiger partial charge in [-0.15, -0.1) is 0 Å². The highest BCUT2D eigenvalue weighted by molar-refractivity contribution is 6.07. The summed E-state index contributed by atoms with van der Waals surface area (Å²) in [4.78, 5) is 36.8. The van der Waals surface area contributed by atoms with Gasteiger partial charge in [-0.25, -0.2) is 10.6 Å². The summed E-state index contributed by atoms with van der Waals surface area (Å²) < 4.78 is 4.96. The van der Waals surface area contributed by atoms with Gasteiger partial charge in [0, 0.05) is 6.07 Å². The highest BCUT2D eigenvalue weighted by Gasteiger charge is 2.52. The summed E-state index contributed by atoms with van der Waals surface area (Å²) in [5.41, 5.74) is 1.16. The minimum Gasteiger partial charge on any atom is -0.359 e. The van der Waals surface area contributed by atoms with Crippen LogP contribution in [0.15, 0.2) is 10.6 Å². The van der Waals surface area contributed by atoms with E-state index in [-0.39, 0.29) is 23.9 Å². The summed E-state index contributed by atoms with van der Waals surface area (Å²) in [6.07, 6.45) is 3.16. The normalized spacial score (nSPS) is 20.1. The van der Waals surface area contributed by atoms with E-state index in [2.05, 4.69) is 10.5 Å². The zero-order valence-electron chi connectivity index (χ0n) is 11.2. The molecule has 1 saturated carbocycles. The largest absolute Gasteiger partial charge is 0.359 e. The van der Waals surface area contributed by atoms with E-state index in [9.17, 15) is 14.4 Å². The molecule has 1 saturated heterocycles. The van der Waals surface area contributed by atoms with Crippen molar-refractivity contribution in [1.82, 2.24) is 20.8 Å². The van der Waals surface area contributed by atoms with Gasteiger partial charge >= 0.3 is 6.03 Å². The first-order valence-corrected chi connectivity index (χ1v) is 6.66. The summed E-state index contributed by atoms with van der Waals surface area (Å²) in [5.74, 6) is 4.39. The van der Waals surface area contributed by atoms with Gasteiger partial charge in [0.15, 0.2) is 11.5 Å². The molecule has 2 heterocycles. The molecule has 0 radical (unpaired) electrons. The van der Waals surface area contributed by atoms with E-state index < -0.39 is 17.5 Å². The first kappa shape index (κ1) is 13.6. The topological polar surface area (TPSA) is 131 Å². The van der Waals surface area contributed by atoms with E-state index in [4.69, 9.17) is 10.4 Å². The van der Waals surface area contributed by atoms with E-state index >= 15 is 0 Å². The molecule has 1 aliphatic carbocycles. The third kappa shape index (κ3) is 2.15. The Bertz CT molecular complexity index is 605. The molecule has 2 aliphatic rings.